The lowest BCUT2D eigenvalue weighted by Crippen LogP contribution is -2.40. The molecule has 1 heterocycles. The van der Waals surface area contributed by atoms with Crippen LogP contribution in [0.2, 0.25) is 0 Å². The van der Waals surface area contributed by atoms with Crippen LogP contribution in [0.3, 0.4) is 0 Å². The van der Waals surface area contributed by atoms with E-state index in [-0.39, 0.29) is 10.9 Å². The van der Waals surface area contributed by atoms with E-state index in [4.69, 9.17) is 10.5 Å². The van der Waals surface area contributed by atoms with Crippen LogP contribution in [-0.4, -0.2) is 39.2 Å². The molecule has 0 radical (unpaired) electrons. The lowest BCUT2D eigenvalue weighted by molar-refractivity contribution is 0.0509. The predicted octanol–water partition coefficient (Wildman–Crippen LogP) is 4.37. The van der Waals surface area contributed by atoms with Crippen molar-refractivity contribution in [2.75, 3.05) is 18.0 Å². The first-order valence-electron chi connectivity index (χ1n) is 11.4. The first kappa shape index (κ1) is 24.0. The molecule has 0 aliphatic carbocycles. The number of hydrogen-bond acceptors (Lipinski definition) is 6. The fourth-order valence-corrected chi connectivity index (χ4v) is 5.77. The van der Waals surface area contributed by atoms with Gasteiger partial charge in [0.15, 0.2) is 9.84 Å². The molecule has 1 saturated heterocycles. The fraction of sp³-hybridized carbons (Fsp3) is 0.346. The van der Waals surface area contributed by atoms with Crippen LogP contribution in [0.15, 0.2) is 71.6 Å². The monoisotopic (exact) mass is 481 g/mol. The molecule has 1 aliphatic rings. The van der Waals surface area contributed by atoms with Gasteiger partial charge in [-0.2, -0.15) is 0 Å². The molecule has 2 atom stereocenters. The van der Waals surface area contributed by atoms with Crippen molar-refractivity contribution in [1.82, 2.24) is 5.32 Å². The summed E-state index contributed by atoms with van der Waals surface area (Å²) < 4.78 is 32.0. The molecule has 1 amide bonds. The highest BCUT2D eigenvalue weighted by atomic mass is 32.2. The zero-order chi connectivity index (χ0) is 24.5. The summed E-state index contributed by atoms with van der Waals surface area (Å²) in [6, 6.07) is 19.9. The number of alkyl carbamates (subject to hydrolysis) is 1. The molecular weight excluding hydrogens is 450 g/mol. The van der Waals surface area contributed by atoms with Gasteiger partial charge < -0.3 is 20.7 Å². The second-order valence-corrected chi connectivity index (χ2v) is 11.6. The number of benzene rings is 3. The summed E-state index contributed by atoms with van der Waals surface area (Å²) in [4.78, 5) is 14.4. The van der Waals surface area contributed by atoms with Crippen LogP contribution in [0.1, 0.15) is 38.1 Å². The normalized spacial score (nSPS) is 17.5. The van der Waals surface area contributed by atoms with Gasteiger partial charge in [0, 0.05) is 24.2 Å². The number of amides is 1. The number of fused-ring (bicyclic) bond motifs is 1. The number of carbonyl (C=O) groups excluding carboxylic acids is 1. The van der Waals surface area contributed by atoms with Crippen LogP contribution in [0.4, 0.5) is 10.5 Å². The molecule has 0 aromatic heterocycles. The smallest absolute Gasteiger partial charge is 0.407 e. The molecular formula is C26H31N3O4S. The Morgan fingerprint density at radius 3 is 2.44 bits per heavy atom. The summed E-state index contributed by atoms with van der Waals surface area (Å²) in [5.41, 5.74) is 7.20. The largest absolute Gasteiger partial charge is 0.444 e. The maximum atomic E-state index is 13.3. The second kappa shape index (κ2) is 9.27. The quantitative estimate of drug-likeness (QED) is 0.561. The number of hydrogen-bond donors (Lipinski definition) is 2. The van der Waals surface area contributed by atoms with Crippen LogP contribution in [-0.2, 0) is 14.6 Å². The van der Waals surface area contributed by atoms with Gasteiger partial charge in [0.05, 0.1) is 10.9 Å². The molecule has 3 N–H and O–H groups in total. The van der Waals surface area contributed by atoms with Gasteiger partial charge in [0.1, 0.15) is 11.0 Å². The maximum Gasteiger partial charge on any atom is 0.407 e. The van der Waals surface area contributed by atoms with Crippen molar-refractivity contribution >= 4 is 32.4 Å². The number of nitrogens with one attached hydrogen (secondary N) is 1. The highest BCUT2D eigenvalue weighted by molar-refractivity contribution is 7.91. The molecule has 0 spiro atoms. The molecule has 0 unspecified atom stereocenters. The van der Waals surface area contributed by atoms with Gasteiger partial charge in [-0.05, 0) is 56.3 Å². The molecule has 180 valence electrons. The van der Waals surface area contributed by atoms with Crippen molar-refractivity contribution in [3.05, 3.63) is 72.3 Å². The Labute approximate surface area is 200 Å². The lowest BCUT2D eigenvalue weighted by atomic mass is 10.1. The standard InChI is InChI=1S/C26H31N3O4S/c1-26(2,3)33-25(30)28-20-15-16-29(17-20)21-13-11-19(12-14-21)24(27)34(31,32)23-10-6-8-18-7-4-5-9-22(18)23/h4-14,20,24H,15-17,27H2,1-3H3,(H,28,30)/t20-,24-/m1/s1. The Morgan fingerprint density at radius 1 is 1.06 bits per heavy atom. The first-order valence-corrected chi connectivity index (χ1v) is 12.9. The van der Waals surface area contributed by atoms with Crippen molar-refractivity contribution in [3.63, 3.8) is 0 Å². The number of nitrogens with two attached hydrogens (primary N) is 1. The minimum Gasteiger partial charge on any atom is -0.444 e. The average molecular weight is 482 g/mol. The summed E-state index contributed by atoms with van der Waals surface area (Å²) in [6.07, 6.45) is 0.384. The topological polar surface area (TPSA) is 102 Å². The highest BCUT2D eigenvalue weighted by Crippen LogP contribution is 2.31. The van der Waals surface area contributed by atoms with E-state index < -0.39 is 26.9 Å². The van der Waals surface area contributed by atoms with E-state index >= 15 is 0 Å². The predicted molar refractivity (Wildman–Crippen MR) is 134 cm³/mol. The van der Waals surface area contributed by atoms with Crippen molar-refractivity contribution < 1.29 is 17.9 Å². The molecule has 3 aromatic carbocycles. The van der Waals surface area contributed by atoms with E-state index in [1.807, 2.05) is 57.2 Å². The third kappa shape index (κ3) is 5.18. The van der Waals surface area contributed by atoms with E-state index in [0.29, 0.717) is 17.5 Å². The van der Waals surface area contributed by atoms with Crippen LogP contribution in [0, 0.1) is 0 Å². The number of ether oxygens (including phenoxy) is 1. The van der Waals surface area contributed by atoms with E-state index in [2.05, 4.69) is 10.2 Å². The van der Waals surface area contributed by atoms with E-state index in [1.54, 1.807) is 30.3 Å². The van der Waals surface area contributed by atoms with Gasteiger partial charge in [-0.1, -0.05) is 48.5 Å². The van der Waals surface area contributed by atoms with E-state index in [0.717, 1.165) is 24.0 Å². The average Bonchev–Trinajstić information content (AvgIpc) is 3.25. The maximum absolute atomic E-state index is 13.3. The third-order valence-corrected chi connectivity index (χ3v) is 7.80. The van der Waals surface area contributed by atoms with Gasteiger partial charge in [0.2, 0.25) is 0 Å². The second-order valence-electron chi connectivity index (χ2n) is 9.61. The Hall–Kier alpha value is -3.10. The van der Waals surface area contributed by atoms with Gasteiger partial charge in [0.25, 0.3) is 0 Å². The lowest BCUT2D eigenvalue weighted by Gasteiger charge is -2.23. The van der Waals surface area contributed by atoms with Gasteiger partial charge in [-0.25, -0.2) is 13.2 Å². The highest BCUT2D eigenvalue weighted by Gasteiger charge is 2.29. The Bertz CT molecular complexity index is 1280. The molecule has 0 saturated carbocycles. The van der Waals surface area contributed by atoms with E-state index in [1.165, 1.54) is 0 Å². The summed E-state index contributed by atoms with van der Waals surface area (Å²) >= 11 is 0. The number of sulfone groups is 1. The zero-order valence-corrected chi connectivity index (χ0v) is 20.5. The summed E-state index contributed by atoms with van der Waals surface area (Å²) in [7, 11) is -3.79. The third-order valence-electron chi connectivity index (χ3n) is 5.89. The molecule has 1 aliphatic heterocycles. The van der Waals surface area contributed by atoms with Crippen molar-refractivity contribution in [3.8, 4) is 0 Å². The minimum atomic E-state index is -3.79. The molecule has 8 heteroatoms. The van der Waals surface area contributed by atoms with Crippen LogP contribution in [0.25, 0.3) is 10.8 Å². The van der Waals surface area contributed by atoms with Gasteiger partial charge in [-0.3, -0.25) is 0 Å². The molecule has 0 bridgehead atoms. The summed E-state index contributed by atoms with van der Waals surface area (Å²) in [6.45, 7) is 6.93. The Morgan fingerprint density at radius 2 is 1.74 bits per heavy atom. The molecule has 3 aromatic rings. The van der Waals surface area contributed by atoms with Crippen LogP contribution >= 0.6 is 0 Å². The first-order chi connectivity index (χ1) is 16.0. The minimum absolute atomic E-state index is 0.0106. The number of anilines is 1. The van der Waals surface area contributed by atoms with Crippen molar-refractivity contribution in [2.45, 2.75) is 49.1 Å². The molecule has 34 heavy (non-hydrogen) atoms. The van der Waals surface area contributed by atoms with Crippen LogP contribution < -0.4 is 16.0 Å². The summed E-state index contributed by atoms with van der Waals surface area (Å²) in [5, 5.41) is 3.26. The Balaban J connectivity index is 1.46. The fourth-order valence-electron chi connectivity index (χ4n) is 4.22. The van der Waals surface area contributed by atoms with Crippen molar-refractivity contribution in [1.29, 1.82) is 0 Å². The van der Waals surface area contributed by atoms with Gasteiger partial charge >= 0.3 is 6.09 Å². The van der Waals surface area contributed by atoms with Crippen LogP contribution in [0.5, 0.6) is 0 Å². The molecule has 4 rings (SSSR count). The Kier molecular flexibility index (Phi) is 6.55. The molecule has 7 nitrogen and oxygen atoms in total. The zero-order valence-electron chi connectivity index (χ0n) is 19.7. The number of rotatable bonds is 5. The number of carbonyl (C=O) groups is 1. The summed E-state index contributed by atoms with van der Waals surface area (Å²) in [5.74, 6) is 0. The van der Waals surface area contributed by atoms with Crippen molar-refractivity contribution in [2.24, 2.45) is 5.73 Å². The molecule has 1 fully saturated rings. The van der Waals surface area contributed by atoms with E-state index in [9.17, 15) is 13.2 Å². The SMILES string of the molecule is CC(C)(C)OC(=O)N[C@@H]1CCN(c2ccc([C@H](N)S(=O)(=O)c3cccc4ccccc34)cc2)C1. The van der Waals surface area contributed by atoms with Gasteiger partial charge in [-0.15, -0.1) is 0 Å². The number of nitrogens with zero attached hydrogens (tertiary/aromatic N) is 1.